The second-order valence-electron chi connectivity index (χ2n) is 4.85. The van der Waals surface area contributed by atoms with Crippen molar-refractivity contribution in [3.63, 3.8) is 0 Å². The Morgan fingerprint density at radius 2 is 1.75 bits per heavy atom. The van der Waals surface area contributed by atoms with Crippen LogP contribution in [0.5, 0.6) is 0 Å². The summed E-state index contributed by atoms with van der Waals surface area (Å²) in [6.45, 7) is 0. The normalized spacial score (nSPS) is 11.6. The Morgan fingerprint density at radius 3 is 2.55 bits per heavy atom. The number of amides is 1. The molecule has 0 bridgehead atoms. The SMILES string of the molecule is NC(=O)c1cc2c(=O)ccn3c4ccccc4c(c1)c23. The molecule has 96 valence electrons. The monoisotopic (exact) mass is 262 g/mol. The van der Waals surface area contributed by atoms with Crippen LogP contribution in [0.4, 0.5) is 0 Å². The lowest BCUT2D eigenvalue weighted by Gasteiger charge is -2.02. The molecule has 2 aromatic carbocycles. The first-order chi connectivity index (χ1) is 9.66. The zero-order chi connectivity index (χ0) is 13.9. The lowest BCUT2D eigenvalue weighted by atomic mass is 10.1. The van der Waals surface area contributed by atoms with Crippen molar-refractivity contribution in [2.45, 2.75) is 0 Å². The van der Waals surface area contributed by atoms with Gasteiger partial charge in [-0.15, -0.1) is 0 Å². The van der Waals surface area contributed by atoms with Crippen LogP contribution in [-0.2, 0) is 0 Å². The summed E-state index contributed by atoms with van der Waals surface area (Å²) in [6, 6.07) is 12.7. The number of hydrogen-bond acceptors (Lipinski definition) is 2. The van der Waals surface area contributed by atoms with E-state index in [2.05, 4.69) is 0 Å². The molecule has 0 aliphatic rings. The molecule has 4 nitrogen and oxygen atoms in total. The third-order valence-corrected chi connectivity index (χ3v) is 3.73. The highest BCUT2D eigenvalue weighted by atomic mass is 16.1. The summed E-state index contributed by atoms with van der Waals surface area (Å²) >= 11 is 0. The maximum Gasteiger partial charge on any atom is 0.248 e. The van der Waals surface area contributed by atoms with E-state index >= 15 is 0 Å². The molecule has 0 saturated carbocycles. The van der Waals surface area contributed by atoms with Gasteiger partial charge in [-0.1, -0.05) is 18.2 Å². The van der Waals surface area contributed by atoms with Crippen molar-refractivity contribution in [2.24, 2.45) is 5.73 Å². The van der Waals surface area contributed by atoms with Gasteiger partial charge in [0.2, 0.25) is 5.91 Å². The highest BCUT2D eigenvalue weighted by molar-refractivity contribution is 6.16. The quantitative estimate of drug-likeness (QED) is 0.571. The fourth-order valence-corrected chi connectivity index (χ4v) is 2.85. The van der Waals surface area contributed by atoms with Crippen LogP contribution >= 0.6 is 0 Å². The molecule has 2 N–H and O–H groups in total. The average molecular weight is 262 g/mol. The van der Waals surface area contributed by atoms with Gasteiger partial charge in [0.1, 0.15) is 0 Å². The van der Waals surface area contributed by atoms with E-state index in [1.165, 1.54) is 6.07 Å². The van der Waals surface area contributed by atoms with Gasteiger partial charge in [-0.25, -0.2) is 0 Å². The first kappa shape index (κ1) is 11.0. The van der Waals surface area contributed by atoms with Crippen molar-refractivity contribution >= 4 is 33.1 Å². The average Bonchev–Trinajstić information content (AvgIpc) is 2.78. The summed E-state index contributed by atoms with van der Waals surface area (Å²) in [5, 5.41) is 2.41. The third-order valence-electron chi connectivity index (χ3n) is 3.73. The fraction of sp³-hybridized carbons (Fsp3) is 0. The Balaban J connectivity index is 2.41. The Kier molecular flexibility index (Phi) is 1.96. The zero-order valence-electron chi connectivity index (χ0n) is 10.5. The van der Waals surface area contributed by atoms with Crippen molar-refractivity contribution in [3.05, 3.63) is 64.4 Å². The molecule has 0 fully saturated rings. The molecular weight excluding hydrogens is 252 g/mol. The molecule has 0 aliphatic heterocycles. The van der Waals surface area contributed by atoms with E-state index < -0.39 is 5.91 Å². The molecule has 0 unspecified atom stereocenters. The second kappa shape index (κ2) is 3.57. The molecular formula is C16H10N2O2. The van der Waals surface area contributed by atoms with Gasteiger partial charge in [-0.05, 0) is 18.2 Å². The second-order valence-corrected chi connectivity index (χ2v) is 4.85. The standard InChI is InChI=1S/C16H10N2O2/c17-16(20)9-7-11-10-3-1-2-4-13(10)18-6-5-14(19)12(8-9)15(11)18/h1-8H,(H2,17,20). The number of para-hydroxylation sites is 1. The summed E-state index contributed by atoms with van der Waals surface area (Å²) in [6.07, 6.45) is 1.77. The maximum absolute atomic E-state index is 12.1. The number of carbonyl (C=O) groups excluding carboxylic acids is 1. The minimum absolute atomic E-state index is 0.103. The fourth-order valence-electron chi connectivity index (χ4n) is 2.85. The van der Waals surface area contributed by atoms with E-state index in [1.54, 1.807) is 18.3 Å². The number of hydrogen-bond donors (Lipinski definition) is 1. The first-order valence-electron chi connectivity index (χ1n) is 6.26. The van der Waals surface area contributed by atoms with E-state index in [1.807, 2.05) is 28.7 Å². The van der Waals surface area contributed by atoms with Gasteiger partial charge < -0.3 is 10.1 Å². The number of pyridine rings is 1. The van der Waals surface area contributed by atoms with Gasteiger partial charge in [-0.3, -0.25) is 9.59 Å². The Hall–Kier alpha value is -2.88. The molecule has 2 aromatic heterocycles. The predicted octanol–water partition coefficient (Wildman–Crippen LogP) is 2.14. The van der Waals surface area contributed by atoms with Gasteiger partial charge in [0.25, 0.3) is 0 Å². The molecule has 0 radical (unpaired) electrons. The third kappa shape index (κ3) is 1.25. The molecule has 0 atom stereocenters. The molecule has 4 rings (SSSR count). The summed E-state index contributed by atoms with van der Waals surface area (Å²) in [5.74, 6) is -0.526. The Labute approximate surface area is 113 Å². The lowest BCUT2D eigenvalue weighted by Crippen LogP contribution is -2.12. The first-order valence-corrected chi connectivity index (χ1v) is 6.26. The lowest BCUT2D eigenvalue weighted by molar-refractivity contribution is 0.100. The van der Waals surface area contributed by atoms with Gasteiger partial charge in [0.15, 0.2) is 5.43 Å². The number of primary amides is 1. The topological polar surface area (TPSA) is 64.6 Å². The van der Waals surface area contributed by atoms with Crippen LogP contribution in [0, 0.1) is 0 Å². The van der Waals surface area contributed by atoms with Crippen LogP contribution in [0.25, 0.3) is 27.2 Å². The Morgan fingerprint density at radius 1 is 1.00 bits per heavy atom. The summed E-state index contributed by atoms with van der Waals surface area (Å²) < 4.78 is 1.98. The summed E-state index contributed by atoms with van der Waals surface area (Å²) in [4.78, 5) is 23.5. The number of nitrogens with two attached hydrogens (primary N) is 1. The van der Waals surface area contributed by atoms with E-state index in [4.69, 9.17) is 5.73 Å². The van der Waals surface area contributed by atoms with E-state index in [0.717, 1.165) is 21.8 Å². The van der Waals surface area contributed by atoms with Crippen LogP contribution in [0.2, 0.25) is 0 Å². The van der Waals surface area contributed by atoms with Crippen LogP contribution < -0.4 is 11.2 Å². The van der Waals surface area contributed by atoms with Crippen molar-refractivity contribution in [1.82, 2.24) is 4.40 Å². The van der Waals surface area contributed by atoms with Crippen LogP contribution in [-0.4, -0.2) is 10.3 Å². The van der Waals surface area contributed by atoms with E-state index in [9.17, 15) is 9.59 Å². The van der Waals surface area contributed by atoms with Crippen LogP contribution in [0.3, 0.4) is 0 Å². The molecule has 20 heavy (non-hydrogen) atoms. The molecule has 4 heteroatoms. The highest BCUT2D eigenvalue weighted by Gasteiger charge is 2.14. The molecule has 0 aliphatic carbocycles. The van der Waals surface area contributed by atoms with Gasteiger partial charge in [0, 0.05) is 34.0 Å². The Bertz CT molecular complexity index is 1050. The van der Waals surface area contributed by atoms with Gasteiger partial charge in [-0.2, -0.15) is 0 Å². The summed E-state index contributed by atoms with van der Waals surface area (Å²) in [7, 11) is 0. The number of nitrogens with zero attached hydrogens (tertiary/aromatic N) is 1. The number of carbonyl (C=O) groups is 1. The van der Waals surface area contributed by atoms with Crippen molar-refractivity contribution in [2.75, 3.05) is 0 Å². The van der Waals surface area contributed by atoms with Crippen molar-refractivity contribution in [1.29, 1.82) is 0 Å². The van der Waals surface area contributed by atoms with Crippen molar-refractivity contribution in [3.8, 4) is 0 Å². The smallest absolute Gasteiger partial charge is 0.248 e. The van der Waals surface area contributed by atoms with Crippen molar-refractivity contribution < 1.29 is 4.79 Å². The number of fused-ring (bicyclic) bond motifs is 3. The van der Waals surface area contributed by atoms with Gasteiger partial charge in [0.05, 0.1) is 11.0 Å². The van der Waals surface area contributed by atoms with Crippen LogP contribution in [0.1, 0.15) is 10.4 Å². The largest absolute Gasteiger partial charge is 0.366 e. The van der Waals surface area contributed by atoms with Gasteiger partial charge >= 0.3 is 0 Å². The minimum atomic E-state index is -0.526. The molecule has 2 heterocycles. The highest BCUT2D eigenvalue weighted by Crippen LogP contribution is 2.31. The summed E-state index contributed by atoms with van der Waals surface area (Å²) in [5.41, 5.74) is 7.47. The molecule has 0 spiro atoms. The van der Waals surface area contributed by atoms with E-state index in [0.29, 0.717) is 10.9 Å². The molecule has 0 saturated heterocycles. The molecule has 4 aromatic rings. The predicted molar refractivity (Wildman–Crippen MR) is 78.4 cm³/mol. The maximum atomic E-state index is 12.1. The van der Waals surface area contributed by atoms with E-state index in [-0.39, 0.29) is 5.43 Å². The number of rotatable bonds is 1. The molecule has 1 amide bonds. The number of benzene rings is 2. The minimum Gasteiger partial charge on any atom is -0.366 e. The number of aromatic nitrogens is 1. The zero-order valence-corrected chi connectivity index (χ0v) is 10.5. The van der Waals surface area contributed by atoms with Crippen LogP contribution in [0.15, 0.2) is 53.5 Å².